The molecule has 0 heterocycles. The van der Waals surface area contributed by atoms with Crippen molar-refractivity contribution in [3.05, 3.63) is 42.0 Å². The van der Waals surface area contributed by atoms with Crippen LogP contribution in [-0.4, -0.2) is 17.6 Å². The lowest BCUT2D eigenvalue weighted by atomic mass is 10.0. The Labute approximate surface area is 125 Å². The van der Waals surface area contributed by atoms with Crippen LogP contribution in [0.2, 0.25) is 0 Å². The van der Waals surface area contributed by atoms with Gasteiger partial charge in [0.25, 0.3) is 0 Å². The van der Waals surface area contributed by atoms with Gasteiger partial charge in [-0.1, -0.05) is 43.4 Å². The summed E-state index contributed by atoms with van der Waals surface area (Å²) in [6, 6.07) is 13.4. The monoisotopic (exact) mass is 284 g/mol. The van der Waals surface area contributed by atoms with Crippen LogP contribution in [0.5, 0.6) is 0 Å². The number of nitrogens with zero attached hydrogens (tertiary/aromatic N) is 1. The van der Waals surface area contributed by atoms with E-state index in [9.17, 15) is 0 Å². The van der Waals surface area contributed by atoms with Gasteiger partial charge >= 0.3 is 0 Å². The second-order valence-electron chi connectivity index (χ2n) is 5.47. The fourth-order valence-corrected chi connectivity index (χ4v) is 3.05. The lowest BCUT2D eigenvalue weighted by molar-refractivity contribution is 0.766. The third kappa shape index (κ3) is 2.38. The van der Waals surface area contributed by atoms with Crippen LogP contribution in [0, 0.1) is 0 Å². The minimum atomic E-state index is 0.473. The molecule has 0 spiro atoms. The molecular weight excluding hydrogens is 264 g/mol. The Hall–Kier alpha value is -1.61. The van der Waals surface area contributed by atoms with Crippen molar-refractivity contribution >= 4 is 33.7 Å². The van der Waals surface area contributed by atoms with Gasteiger partial charge in [-0.05, 0) is 36.8 Å². The van der Waals surface area contributed by atoms with Crippen molar-refractivity contribution in [2.45, 2.75) is 32.2 Å². The number of benzene rings is 2. The number of fused-ring (bicyclic) bond motifs is 1. The van der Waals surface area contributed by atoms with Crippen LogP contribution >= 0.6 is 12.2 Å². The molecule has 104 valence electrons. The lowest BCUT2D eigenvalue weighted by Gasteiger charge is -2.26. The lowest BCUT2D eigenvalue weighted by Crippen LogP contribution is -2.26. The molecule has 20 heavy (non-hydrogen) atoms. The van der Waals surface area contributed by atoms with E-state index in [1.165, 1.54) is 35.7 Å². The first-order valence-electron chi connectivity index (χ1n) is 7.30. The molecule has 0 atom stereocenters. The van der Waals surface area contributed by atoms with Crippen LogP contribution in [0.15, 0.2) is 36.4 Å². The predicted molar refractivity (Wildman–Crippen MR) is 90.5 cm³/mol. The largest absolute Gasteiger partial charge is 0.389 e. The van der Waals surface area contributed by atoms with E-state index in [-0.39, 0.29) is 0 Å². The highest BCUT2D eigenvalue weighted by Gasteiger charge is 2.29. The van der Waals surface area contributed by atoms with Gasteiger partial charge in [-0.15, -0.1) is 0 Å². The van der Waals surface area contributed by atoms with Crippen LogP contribution < -0.4 is 10.6 Å². The van der Waals surface area contributed by atoms with Gasteiger partial charge in [0.2, 0.25) is 0 Å². The second-order valence-corrected chi connectivity index (χ2v) is 5.91. The number of nitrogens with two attached hydrogens (primary N) is 1. The molecule has 1 aliphatic rings. The summed E-state index contributed by atoms with van der Waals surface area (Å²) in [5, 5.41) is 2.43. The van der Waals surface area contributed by atoms with E-state index in [0.29, 0.717) is 11.0 Å². The average molecular weight is 284 g/mol. The highest BCUT2D eigenvalue weighted by Crippen LogP contribution is 2.36. The van der Waals surface area contributed by atoms with E-state index in [1.807, 2.05) is 0 Å². The van der Waals surface area contributed by atoms with Gasteiger partial charge in [-0.25, -0.2) is 0 Å². The van der Waals surface area contributed by atoms with Gasteiger partial charge in [-0.2, -0.15) is 0 Å². The standard InChI is InChI=1S/C17H20N2S/c1-2-11-19(12-7-8-12)16-10-9-15(17(18)20)13-5-3-4-6-14(13)16/h3-6,9-10,12H,2,7-8,11H2,1H3,(H2,18,20). The van der Waals surface area contributed by atoms with Gasteiger partial charge in [-0.3, -0.25) is 0 Å². The summed E-state index contributed by atoms with van der Waals surface area (Å²) in [7, 11) is 0. The molecule has 3 heteroatoms. The topological polar surface area (TPSA) is 29.3 Å². The molecule has 1 aliphatic carbocycles. The van der Waals surface area contributed by atoms with Crippen molar-refractivity contribution < 1.29 is 0 Å². The van der Waals surface area contributed by atoms with E-state index in [2.05, 4.69) is 48.2 Å². The van der Waals surface area contributed by atoms with Gasteiger partial charge in [0.15, 0.2) is 0 Å². The summed E-state index contributed by atoms with van der Waals surface area (Å²) in [4.78, 5) is 3.02. The highest BCUT2D eigenvalue weighted by molar-refractivity contribution is 7.80. The van der Waals surface area contributed by atoms with Gasteiger partial charge in [0.1, 0.15) is 4.99 Å². The van der Waals surface area contributed by atoms with Crippen LogP contribution in [-0.2, 0) is 0 Å². The number of rotatable bonds is 5. The fraction of sp³-hybridized carbons (Fsp3) is 0.353. The van der Waals surface area contributed by atoms with Crippen molar-refractivity contribution in [2.75, 3.05) is 11.4 Å². The molecular formula is C17H20N2S. The molecule has 0 unspecified atom stereocenters. The molecule has 2 N–H and O–H groups in total. The quantitative estimate of drug-likeness (QED) is 0.846. The summed E-state index contributed by atoms with van der Waals surface area (Å²) in [6.07, 6.45) is 3.79. The maximum absolute atomic E-state index is 5.85. The second kappa shape index (κ2) is 5.41. The first-order valence-corrected chi connectivity index (χ1v) is 7.71. The summed E-state index contributed by atoms with van der Waals surface area (Å²) in [5.41, 5.74) is 8.16. The minimum absolute atomic E-state index is 0.473. The van der Waals surface area contributed by atoms with Gasteiger partial charge in [0, 0.05) is 29.2 Å². The van der Waals surface area contributed by atoms with Crippen LogP contribution in [0.4, 0.5) is 5.69 Å². The van der Waals surface area contributed by atoms with Crippen molar-refractivity contribution in [1.82, 2.24) is 0 Å². The smallest absolute Gasteiger partial charge is 0.104 e. The molecule has 2 nitrogen and oxygen atoms in total. The highest BCUT2D eigenvalue weighted by atomic mass is 32.1. The molecule has 0 amide bonds. The number of thiocarbonyl (C=S) groups is 1. The molecule has 2 aromatic rings. The van der Waals surface area contributed by atoms with Crippen LogP contribution in [0.1, 0.15) is 31.7 Å². The molecule has 0 saturated heterocycles. The van der Waals surface area contributed by atoms with E-state index in [1.54, 1.807) is 0 Å². The summed E-state index contributed by atoms with van der Waals surface area (Å²) < 4.78 is 0. The Bertz CT molecular complexity index is 646. The van der Waals surface area contributed by atoms with Gasteiger partial charge in [0.05, 0.1) is 0 Å². The third-order valence-electron chi connectivity index (χ3n) is 3.93. The van der Waals surface area contributed by atoms with Crippen molar-refractivity contribution in [1.29, 1.82) is 0 Å². The molecule has 0 bridgehead atoms. The number of anilines is 1. The van der Waals surface area contributed by atoms with Crippen molar-refractivity contribution in [3.8, 4) is 0 Å². The average Bonchev–Trinajstić information content (AvgIpc) is 3.28. The van der Waals surface area contributed by atoms with Crippen LogP contribution in [0.3, 0.4) is 0 Å². The zero-order chi connectivity index (χ0) is 14.1. The van der Waals surface area contributed by atoms with Crippen molar-refractivity contribution in [3.63, 3.8) is 0 Å². The number of hydrogen-bond acceptors (Lipinski definition) is 2. The molecule has 0 radical (unpaired) electrons. The summed E-state index contributed by atoms with van der Waals surface area (Å²) in [6.45, 7) is 3.35. The first kappa shape index (κ1) is 13.4. The Balaban J connectivity index is 2.16. The summed E-state index contributed by atoms with van der Waals surface area (Å²) >= 11 is 5.18. The Kier molecular flexibility index (Phi) is 3.62. The molecule has 1 saturated carbocycles. The maximum Gasteiger partial charge on any atom is 0.104 e. The summed E-state index contributed by atoms with van der Waals surface area (Å²) in [5.74, 6) is 0. The molecule has 2 aromatic carbocycles. The van der Waals surface area contributed by atoms with E-state index in [4.69, 9.17) is 18.0 Å². The van der Waals surface area contributed by atoms with Crippen LogP contribution in [0.25, 0.3) is 10.8 Å². The zero-order valence-corrected chi connectivity index (χ0v) is 12.6. The predicted octanol–water partition coefficient (Wildman–Crippen LogP) is 3.85. The minimum Gasteiger partial charge on any atom is -0.389 e. The molecule has 1 fully saturated rings. The van der Waals surface area contributed by atoms with E-state index in [0.717, 1.165) is 12.1 Å². The molecule has 3 rings (SSSR count). The fourth-order valence-electron chi connectivity index (χ4n) is 2.88. The maximum atomic E-state index is 5.85. The van der Waals surface area contributed by atoms with Crippen molar-refractivity contribution in [2.24, 2.45) is 5.73 Å². The third-order valence-corrected chi connectivity index (χ3v) is 4.15. The van der Waals surface area contributed by atoms with E-state index < -0.39 is 0 Å². The Morgan fingerprint density at radius 2 is 1.90 bits per heavy atom. The molecule has 0 aromatic heterocycles. The Morgan fingerprint density at radius 3 is 2.50 bits per heavy atom. The SMILES string of the molecule is CCCN(c1ccc(C(N)=S)c2ccccc12)C1CC1. The first-order chi connectivity index (χ1) is 9.72. The number of hydrogen-bond donors (Lipinski definition) is 1. The molecule has 0 aliphatic heterocycles. The van der Waals surface area contributed by atoms with Gasteiger partial charge < -0.3 is 10.6 Å². The normalized spacial score (nSPS) is 14.4. The zero-order valence-electron chi connectivity index (χ0n) is 11.8. The Morgan fingerprint density at radius 1 is 1.20 bits per heavy atom. The van der Waals surface area contributed by atoms with E-state index >= 15 is 0 Å².